The molecule has 1 aromatic carbocycles. The van der Waals surface area contributed by atoms with Crippen LogP contribution in [-0.4, -0.2) is 39.1 Å². The maximum absolute atomic E-state index is 12.6. The molecule has 27 heavy (non-hydrogen) atoms. The third kappa shape index (κ3) is 2.87. The number of carbonyl (C=O) groups is 1. The second kappa shape index (κ2) is 6.36. The summed E-state index contributed by atoms with van der Waals surface area (Å²) in [5.74, 6) is 0.824. The summed E-state index contributed by atoms with van der Waals surface area (Å²) in [6.07, 6.45) is 5.74. The Hall–Kier alpha value is -3.46. The smallest absolute Gasteiger partial charge is 0.270 e. The molecule has 0 saturated heterocycles. The highest BCUT2D eigenvalue weighted by Crippen LogP contribution is 2.27. The lowest BCUT2D eigenvalue weighted by molar-refractivity contribution is 0.0930. The zero-order valence-electron chi connectivity index (χ0n) is 14.4. The number of H-pyrrole nitrogens is 1. The second-order valence-electron chi connectivity index (χ2n) is 6.37. The molecule has 136 valence electrons. The van der Waals surface area contributed by atoms with E-state index in [1.807, 2.05) is 6.07 Å². The number of rotatable bonds is 3. The third-order valence-corrected chi connectivity index (χ3v) is 4.65. The zero-order chi connectivity index (χ0) is 18.2. The van der Waals surface area contributed by atoms with Crippen LogP contribution < -0.4 is 20.3 Å². The summed E-state index contributed by atoms with van der Waals surface area (Å²) in [5.41, 5.74) is 3.83. The van der Waals surface area contributed by atoms with Crippen molar-refractivity contribution < 1.29 is 9.53 Å². The number of fused-ring (bicyclic) bond motifs is 2. The molecular formula is C18H17N7O2. The summed E-state index contributed by atoms with van der Waals surface area (Å²) in [5, 5.41) is 6.55. The van der Waals surface area contributed by atoms with Crippen LogP contribution in [0, 0.1) is 0 Å². The first-order valence-electron chi connectivity index (χ1n) is 8.68. The Bertz CT molecular complexity index is 1000. The quantitative estimate of drug-likeness (QED) is 0.648. The number of aromatic nitrogens is 4. The van der Waals surface area contributed by atoms with E-state index in [9.17, 15) is 4.79 Å². The molecule has 3 aromatic rings. The molecule has 9 heteroatoms. The Kier molecular flexibility index (Phi) is 3.72. The monoisotopic (exact) mass is 363 g/mol. The van der Waals surface area contributed by atoms with Crippen LogP contribution >= 0.6 is 0 Å². The van der Waals surface area contributed by atoms with E-state index in [1.165, 1.54) is 22.2 Å². The molecule has 0 bridgehead atoms. The molecule has 2 aliphatic rings. The van der Waals surface area contributed by atoms with Gasteiger partial charge in [0.15, 0.2) is 6.73 Å². The average molecular weight is 363 g/mol. The van der Waals surface area contributed by atoms with Crippen LogP contribution in [0.5, 0.6) is 5.88 Å². The number of hydrogen-bond donors (Lipinski definition) is 3. The lowest BCUT2D eigenvalue weighted by atomic mass is 10.0. The van der Waals surface area contributed by atoms with Crippen LogP contribution in [0.25, 0.3) is 0 Å². The van der Waals surface area contributed by atoms with Gasteiger partial charge in [-0.25, -0.2) is 14.9 Å². The van der Waals surface area contributed by atoms with E-state index in [0.29, 0.717) is 17.5 Å². The molecule has 1 amide bonds. The lowest BCUT2D eigenvalue weighted by Gasteiger charge is -2.25. The van der Waals surface area contributed by atoms with Gasteiger partial charge in [0.2, 0.25) is 17.8 Å². The van der Waals surface area contributed by atoms with Crippen molar-refractivity contribution in [3.05, 3.63) is 53.5 Å². The number of nitrogens with one attached hydrogen (secondary N) is 3. The van der Waals surface area contributed by atoms with Crippen molar-refractivity contribution in [1.29, 1.82) is 0 Å². The fourth-order valence-electron chi connectivity index (χ4n) is 3.26. The zero-order valence-corrected chi connectivity index (χ0v) is 14.4. The van der Waals surface area contributed by atoms with Gasteiger partial charge in [0.05, 0.1) is 0 Å². The van der Waals surface area contributed by atoms with Gasteiger partial charge >= 0.3 is 0 Å². The fourth-order valence-corrected chi connectivity index (χ4v) is 3.26. The van der Waals surface area contributed by atoms with E-state index in [2.05, 4.69) is 42.7 Å². The molecular weight excluding hydrogens is 346 g/mol. The number of carbonyl (C=O) groups excluding carboxylic acids is 1. The predicted molar refractivity (Wildman–Crippen MR) is 98.1 cm³/mol. The van der Waals surface area contributed by atoms with E-state index < -0.39 is 0 Å². The van der Waals surface area contributed by atoms with Gasteiger partial charge in [-0.2, -0.15) is 4.98 Å². The normalized spacial score (nSPS) is 15.7. The van der Waals surface area contributed by atoms with Crippen LogP contribution in [0.15, 0.2) is 36.8 Å². The van der Waals surface area contributed by atoms with Gasteiger partial charge < -0.3 is 20.4 Å². The summed E-state index contributed by atoms with van der Waals surface area (Å²) >= 11 is 0. The molecule has 5 rings (SSSR count). The predicted octanol–water partition coefficient (Wildman–Crippen LogP) is 1.59. The number of imidazole rings is 1. The average Bonchev–Trinajstić information content (AvgIpc) is 3.23. The first-order chi connectivity index (χ1) is 13.3. The van der Waals surface area contributed by atoms with Gasteiger partial charge in [0.25, 0.3) is 5.91 Å². The maximum Gasteiger partial charge on any atom is 0.270 e. The van der Waals surface area contributed by atoms with Gasteiger partial charge in [-0.15, -0.1) is 0 Å². The van der Waals surface area contributed by atoms with Crippen LogP contribution in [0.1, 0.15) is 21.5 Å². The van der Waals surface area contributed by atoms with Gasteiger partial charge in [-0.05, 0) is 36.2 Å². The van der Waals surface area contributed by atoms with Gasteiger partial charge in [0, 0.05) is 30.8 Å². The largest absolute Gasteiger partial charge is 0.455 e. The maximum atomic E-state index is 12.6. The molecule has 2 aliphatic heterocycles. The number of aromatic amines is 1. The number of nitrogens with zero attached hydrogens (tertiary/aromatic N) is 4. The van der Waals surface area contributed by atoms with Crippen LogP contribution in [0.2, 0.25) is 0 Å². The first kappa shape index (κ1) is 15.8. The summed E-state index contributed by atoms with van der Waals surface area (Å²) in [6.45, 7) is 1.91. The Morgan fingerprint density at radius 3 is 3.07 bits per heavy atom. The van der Waals surface area contributed by atoms with Crippen molar-refractivity contribution in [1.82, 2.24) is 25.3 Å². The number of anilines is 3. The molecule has 0 fully saturated rings. The number of ether oxygens (including phenoxy) is 1. The summed E-state index contributed by atoms with van der Waals surface area (Å²) in [7, 11) is 0. The van der Waals surface area contributed by atoms with Gasteiger partial charge in [0.1, 0.15) is 5.56 Å². The third-order valence-electron chi connectivity index (χ3n) is 4.65. The Morgan fingerprint density at radius 1 is 1.22 bits per heavy atom. The highest BCUT2D eigenvalue weighted by atomic mass is 16.5. The highest BCUT2D eigenvalue weighted by Gasteiger charge is 2.30. The van der Waals surface area contributed by atoms with E-state index in [4.69, 9.17) is 4.74 Å². The van der Waals surface area contributed by atoms with E-state index in [0.717, 1.165) is 25.2 Å². The fraction of sp³-hybridized carbons (Fsp3) is 0.222. The molecule has 0 spiro atoms. The summed E-state index contributed by atoms with van der Waals surface area (Å²) in [4.78, 5) is 29.6. The van der Waals surface area contributed by atoms with Crippen LogP contribution in [0.3, 0.4) is 0 Å². The minimum atomic E-state index is -0.252. The topological polar surface area (TPSA) is 108 Å². The minimum absolute atomic E-state index is 0.0420. The molecule has 3 N–H and O–H groups in total. The minimum Gasteiger partial charge on any atom is -0.455 e. The summed E-state index contributed by atoms with van der Waals surface area (Å²) < 4.78 is 5.64. The standard InChI is InChI=1S/C18H17N7O2/c26-16-14-9-22-17(23-13-2-1-11-3-4-19-8-12(11)7-13)24-15(14)27-10-25(16)18-20-5-6-21-18/h1-2,5-7,9,19H,3-4,8,10H2,(H,20,21)(H,22,23,24). The highest BCUT2D eigenvalue weighted by molar-refractivity contribution is 6.07. The van der Waals surface area contributed by atoms with Crippen LogP contribution in [-0.2, 0) is 13.0 Å². The summed E-state index contributed by atoms with van der Waals surface area (Å²) in [6, 6.07) is 6.23. The lowest BCUT2D eigenvalue weighted by Crippen LogP contribution is -2.39. The van der Waals surface area contributed by atoms with Crippen LogP contribution in [0.4, 0.5) is 17.6 Å². The Morgan fingerprint density at radius 2 is 2.19 bits per heavy atom. The molecule has 0 saturated carbocycles. The number of amides is 1. The van der Waals surface area contributed by atoms with Crippen molar-refractivity contribution in [2.24, 2.45) is 0 Å². The van der Waals surface area contributed by atoms with Crippen molar-refractivity contribution in [2.75, 3.05) is 23.5 Å². The van der Waals surface area contributed by atoms with Gasteiger partial charge in [-0.1, -0.05) is 6.07 Å². The Balaban J connectivity index is 1.38. The SMILES string of the molecule is O=C1c2cnc(Nc3ccc4c(c3)CNCC4)nc2OCN1c1ncc[nH]1. The van der Waals surface area contributed by atoms with E-state index in [-0.39, 0.29) is 18.5 Å². The molecule has 0 atom stereocenters. The van der Waals surface area contributed by atoms with Crippen molar-refractivity contribution in [3.8, 4) is 5.88 Å². The number of benzene rings is 1. The van der Waals surface area contributed by atoms with Crippen molar-refractivity contribution in [2.45, 2.75) is 13.0 Å². The molecule has 0 radical (unpaired) electrons. The molecule has 0 unspecified atom stereocenters. The molecule has 4 heterocycles. The van der Waals surface area contributed by atoms with Gasteiger partial charge in [-0.3, -0.25) is 4.79 Å². The first-order valence-corrected chi connectivity index (χ1v) is 8.68. The van der Waals surface area contributed by atoms with E-state index >= 15 is 0 Å². The Labute approximate surface area is 154 Å². The molecule has 9 nitrogen and oxygen atoms in total. The van der Waals surface area contributed by atoms with Crippen molar-refractivity contribution >= 4 is 23.5 Å². The van der Waals surface area contributed by atoms with Crippen molar-refractivity contribution in [3.63, 3.8) is 0 Å². The molecule has 0 aliphatic carbocycles. The van der Waals surface area contributed by atoms with E-state index in [1.54, 1.807) is 12.4 Å². The second-order valence-corrected chi connectivity index (χ2v) is 6.37. The molecule has 2 aromatic heterocycles. The number of hydrogen-bond acceptors (Lipinski definition) is 7.